The van der Waals surface area contributed by atoms with Crippen molar-refractivity contribution in [2.45, 2.75) is 33.1 Å². The number of fused-ring (bicyclic) bond motifs is 1. The largest absolute Gasteiger partial charge is 0.410 e. The number of ether oxygens (including phenoxy) is 1. The molecule has 1 aromatic carbocycles. The van der Waals surface area contributed by atoms with Crippen molar-refractivity contribution in [1.82, 2.24) is 14.9 Å². The molecule has 0 bridgehead atoms. The molecule has 0 aliphatic carbocycles. The molecular formula is C18H27N5O2. The van der Waals surface area contributed by atoms with Crippen LogP contribution in [0.15, 0.2) is 12.1 Å². The molecule has 7 nitrogen and oxygen atoms in total. The summed E-state index contributed by atoms with van der Waals surface area (Å²) in [6.07, 6.45) is 0.364. The van der Waals surface area contributed by atoms with Gasteiger partial charge in [-0.25, -0.2) is 9.78 Å². The molecule has 0 radical (unpaired) electrons. The third kappa shape index (κ3) is 3.71. The van der Waals surface area contributed by atoms with E-state index in [1.807, 2.05) is 12.1 Å². The van der Waals surface area contributed by atoms with Crippen LogP contribution in [0.1, 0.15) is 38.7 Å². The standard InChI is InChI=1S/C18H27N5O2/c1-4-7-22-8-10-23(11-9-22)18-20-14-6-5-13(12(2)3)16(15(14)21-18)25-17(19)24/h5-6,12H,4,7-11H2,1-3H3,(H2,19,24)(H,20,21). The number of carbonyl (C=O) groups excluding carboxylic acids is 1. The number of nitrogens with one attached hydrogen (secondary N) is 1. The normalized spacial score (nSPS) is 15.9. The Bertz CT molecular complexity index is 747. The predicted octanol–water partition coefficient (Wildman–Crippen LogP) is 2.68. The van der Waals surface area contributed by atoms with Crippen LogP contribution in [0.4, 0.5) is 10.7 Å². The second-order valence-electron chi connectivity index (χ2n) is 6.84. The van der Waals surface area contributed by atoms with Crippen molar-refractivity contribution in [3.05, 3.63) is 17.7 Å². The van der Waals surface area contributed by atoms with E-state index < -0.39 is 6.09 Å². The average molecular weight is 345 g/mol. The first-order valence-electron chi connectivity index (χ1n) is 8.96. The van der Waals surface area contributed by atoms with Crippen molar-refractivity contribution in [2.75, 3.05) is 37.6 Å². The summed E-state index contributed by atoms with van der Waals surface area (Å²) in [6.45, 7) is 11.4. The Kier molecular flexibility index (Phi) is 5.13. The van der Waals surface area contributed by atoms with E-state index in [9.17, 15) is 4.79 Å². The number of aromatic nitrogens is 2. The number of piperazine rings is 1. The molecule has 1 aliphatic heterocycles. The Morgan fingerprint density at radius 1 is 1.32 bits per heavy atom. The van der Waals surface area contributed by atoms with Crippen molar-refractivity contribution in [2.24, 2.45) is 5.73 Å². The van der Waals surface area contributed by atoms with Gasteiger partial charge >= 0.3 is 6.09 Å². The zero-order valence-corrected chi connectivity index (χ0v) is 15.2. The molecule has 0 spiro atoms. The molecule has 3 rings (SSSR count). The molecule has 136 valence electrons. The van der Waals surface area contributed by atoms with Crippen LogP contribution in [0, 0.1) is 0 Å². The van der Waals surface area contributed by atoms with E-state index in [1.165, 1.54) is 6.42 Å². The van der Waals surface area contributed by atoms with E-state index in [-0.39, 0.29) is 5.92 Å². The molecule has 1 fully saturated rings. The lowest BCUT2D eigenvalue weighted by molar-refractivity contribution is 0.211. The molecule has 1 aliphatic rings. The summed E-state index contributed by atoms with van der Waals surface area (Å²) < 4.78 is 5.30. The molecule has 2 heterocycles. The maximum absolute atomic E-state index is 11.3. The molecule has 1 aromatic heterocycles. The third-order valence-electron chi connectivity index (χ3n) is 4.66. The molecule has 0 saturated carbocycles. The highest BCUT2D eigenvalue weighted by Gasteiger charge is 2.22. The molecular weight excluding hydrogens is 318 g/mol. The smallest absolute Gasteiger partial charge is 0.408 e. The molecule has 0 unspecified atom stereocenters. The van der Waals surface area contributed by atoms with Crippen molar-refractivity contribution in [3.8, 4) is 5.75 Å². The van der Waals surface area contributed by atoms with Gasteiger partial charge in [-0.3, -0.25) is 4.90 Å². The lowest BCUT2D eigenvalue weighted by atomic mass is 10.0. The van der Waals surface area contributed by atoms with Crippen LogP contribution in [-0.4, -0.2) is 53.7 Å². The highest BCUT2D eigenvalue weighted by atomic mass is 16.5. The van der Waals surface area contributed by atoms with Crippen LogP contribution in [0.25, 0.3) is 11.0 Å². The number of anilines is 1. The van der Waals surface area contributed by atoms with E-state index in [0.717, 1.165) is 49.8 Å². The Morgan fingerprint density at radius 2 is 2.04 bits per heavy atom. The Hall–Kier alpha value is -2.28. The molecule has 25 heavy (non-hydrogen) atoms. The third-order valence-corrected chi connectivity index (χ3v) is 4.66. The van der Waals surface area contributed by atoms with Crippen LogP contribution in [0.3, 0.4) is 0 Å². The van der Waals surface area contributed by atoms with Crippen LogP contribution >= 0.6 is 0 Å². The van der Waals surface area contributed by atoms with Crippen molar-refractivity contribution >= 4 is 23.1 Å². The first kappa shape index (κ1) is 17.5. The first-order chi connectivity index (χ1) is 12.0. The molecule has 1 saturated heterocycles. The van der Waals surface area contributed by atoms with E-state index in [4.69, 9.17) is 15.5 Å². The van der Waals surface area contributed by atoms with Gasteiger partial charge < -0.3 is 20.4 Å². The van der Waals surface area contributed by atoms with Crippen molar-refractivity contribution in [3.63, 3.8) is 0 Å². The molecule has 1 amide bonds. The predicted molar refractivity (Wildman–Crippen MR) is 99.3 cm³/mol. The summed E-state index contributed by atoms with van der Waals surface area (Å²) in [7, 11) is 0. The van der Waals surface area contributed by atoms with Crippen LogP contribution < -0.4 is 15.4 Å². The monoisotopic (exact) mass is 345 g/mol. The number of carbonyl (C=O) groups is 1. The molecule has 2 aromatic rings. The molecule has 3 N–H and O–H groups in total. The zero-order chi connectivity index (χ0) is 18.0. The van der Waals surface area contributed by atoms with E-state index >= 15 is 0 Å². The van der Waals surface area contributed by atoms with Gasteiger partial charge in [0.05, 0.1) is 5.52 Å². The fraction of sp³-hybridized carbons (Fsp3) is 0.556. The van der Waals surface area contributed by atoms with Crippen LogP contribution in [0.5, 0.6) is 5.75 Å². The van der Waals surface area contributed by atoms with Crippen molar-refractivity contribution < 1.29 is 9.53 Å². The quantitative estimate of drug-likeness (QED) is 0.870. The summed E-state index contributed by atoms with van der Waals surface area (Å²) >= 11 is 0. The van der Waals surface area contributed by atoms with Gasteiger partial charge in [-0.05, 0) is 30.5 Å². The van der Waals surface area contributed by atoms with E-state index in [2.05, 4.69) is 35.6 Å². The van der Waals surface area contributed by atoms with Gasteiger partial charge in [0.2, 0.25) is 5.95 Å². The highest BCUT2D eigenvalue weighted by Crippen LogP contribution is 2.34. The lowest BCUT2D eigenvalue weighted by Gasteiger charge is -2.34. The Balaban J connectivity index is 1.90. The van der Waals surface area contributed by atoms with Gasteiger partial charge in [0.15, 0.2) is 5.75 Å². The van der Waals surface area contributed by atoms with Crippen molar-refractivity contribution in [1.29, 1.82) is 0 Å². The minimum atomic E-state index is -0.813. The number of nitrogens with two attached hydrogens (primary N) is 1. The van der Waals surface area contributed by atoms with Crippen LogP contribution in [-0.2, 0) is 0 Å². The number of nitrogens with zero attached hydrogens (tertiary/aromatic N) is 3. The number of aromatic amines is 1. The molecule has 0 atom stereocenters. The highest BCUT2D eigenvalue weighted by molar-refractivity contribution is 5.88. The summed E-state index contributed by atoms with van der Waals surface area (Å²) in [4.78, 5) is 24.1. The van der Waals surface area contributed by atoms with Gasteiger partial charge in [0.25, 0.3) is 0 Å². The number of H-pyrrole nitrogens is 1. The fourth-order valence-corrected chi connectivity index (χ4v) is 3.36. The number of hydrogen-bond acceptors (Lipinski definition) is 5. The Labute approximate surface area is 148 Å². The number of imidazole rings is 1. The second-order valence-corrected chi connectivity index (χ2v) is 6.84. The summed E-state index contributed by atoms with van der Waals surface area (Å²) in [5, 5.41) is 0. The number of hydrogen-bond donors (Lipinski definition) is 2. The second kappa shape index (κ2) is 7.31. The minimum Gasteiger partial charge on any atom is -0.408 e. The van der Waals surface area contributed by atoms with Gasteiger partial charge in [0.1, 0.15) is 5.52 Å². The fourth-order valence-electron chi connectivity index (χ4n) is 3.36. The van der Waals surface area contributed by atoms with Gasteiger partial charge in [-0.2, -0.15) is 0 Å². The van der Waals surface area contributed by atoms with E-state index in [0.29, 0.717) is 11.3 Å². The number of benzene rings is 1. The SMILES string of the molecule is CCCN1CCN(c2nc3c(OC(N)=O)c(C(C)C)ccc3[nH]2)CC1. The zero-order valence-electron chi connectivity index (χ0n) is 15.2. The maximum Gasteiger partial charge on any atom is 0.410 e. The van der Waals surface area contributed by atoms with Gasteiger partial charge in [0, 0.05) is 26.2 Å². The van der Waals surface area contributed by atoms with E-state index in [1.54, 1.807) is 0 Å². The van der Waals surface area contributed by atoms with Gasteiger partial charge in [-0.15, -0.1) is 0 Å². The first-order valence-corrected chi connectivity index (χ1v) is 8.96. The maximum atomic E-state index is 11.3. The topological polar surface area (TPSA) is 87.5 Å². The minimum absolute atomic E-state index is 0.205. The molecule has 7 heteroatoms. The van der Waals surface area contributed by atoms with Crippen LogP contribution in [0.2, 0.25) is 0 Å². The summed E-state index contributed by atoms with van der Waals surface area (Å²) in [5.41, 5.74) is 7.71. The average Bonchev–Trinajstić information content (AvgIpc) is 3.00. The summed E-state index contributed by atoms with van der Waals surface area (Å²) in [5.74, 6) is 1.49. The lowest BCUT2D eigenvalue weighted by Crippen LogP contribution is -2.46. The Morgan fingerprint density at radius 3 is 2.64 bits per heavy atom. The number of rotatable bonds is 5. The van der Waals surface area contributed by atoms with Gasteiger partial charge in [-0.1, -0.05) is 26.8 Å². The summed E-state index contributed by atoms with van der Waals surface area (Å²) in [6, 6.07) is 3.95. The number of amides is 1. The number of primary amides is 1.